The summed E-state index contributed by atoms with van der Waals surface area (Å²) in [4.78, 5) is 18.3. The molecule has 1 saturated carbocycles. The molecule has 6 nitrogen and oxygen atoms in total. The predicted octanol–water partition coefficient (Wildman–Crippen LogP) is 2.33. The van der Waals surface area contributed by atoms with Crippen molar-refractivity contribution >= 4 is 11.8 Å². The van der Waals surface area contributed by atoms with Gasteiger partial charge in [0.1, 0.15) is 5.82 Å². The minimum Gasteiger partial charge on any atom is -0.475 e. The SMILES string of the molecule is O=C(O)c1nccc(NCCOC2CCCCCC2)n1. The van der Waals surface area contributed by atoms with E-state index in [1.54, 1.807) is 6.07 Å². The predicted molar refractivity (Wildman–Crippen MR) is 74.9 cm³/mol. The summed E-state index contributed by atoms with van der Waals surface area (Å²) in [6, 6.07) is 1.65. The molecule has 0 amide bonds. The van der Waals surface area contributed by atoms with E-state index < -0.39 is 5.97 Å². The highest BCUT2D eigenvalue weighted by atomic mass is 16.5. The summed E-state index contributed by atoms with van der Waals surface area (Å²) in [6.45, 7) is 1.23. The second-order valence-corrected chi connectivity index (χ2v) is 4.98. The van der Waals surface area contributed by atoms with Crippen LogP contribution in [-0.2, 0) is 4.74 Å². The van der Waals surface area contributed by atoms with Crippen LogP contribution in [0, 0.1) is 0 Å². The second kappa shape index (κ2) is 7.79. The highest BCUT2D eigenvalue weighted by Gasteiger charge is 2.12. The van der Waals surface area contributed by atoms with E-state index in [9.17, 15) is 4.79 Å². The molecule has 20 heavy (non-hydrogen) atoms. The lowest BCUT2D eigenvalue weighted by atomic mass is 10.1. The van der Waals surface area contributed by atoms with Crippen LogP contribution >= 0.6 is 0 Å². The Morgan fingerprint density at radius 1 is 1.35 bits per heavy atom. The second-order valence-electron chi connectivity index (χ2n) is 4.98. The maximum absolute atomic E-state index is 10.7. The molecule has 1 aliphatic rings. The van der Waals surface area contributed by atoms with E-state index >= 15 is 0 Å². The van der Waals surface area contributed by atoms with Crippen molar-refractivity contribution < 1.29 is 14.6 Å². The Morgan fingerprint density at radius 3 is 2.80 bits per heavy atom. The van der Waals surface area contributed by atoms with Gasteiger partial charge in [-0.2, -0.15) is 0 Å². The van der Waals surface area contributed by atoms with Crippen molar-refractivity contribution in [2.45, 2.75) is 44.6 Å². The Morgan fingerprint density at radius 2 is 2.10 bits per heavy atom. The number of carboxylic acid groups (broad SMARTS) is 1. The third-order valence-electron chi connectivity index (χ3n) is 3.41. The Bertz CT molecular complexity index is 431. The summed E-state index contributed by atoms with van der Waals surface area (Å²) >= 11 is 0. The summed E-state index contributed by atoms with van der Waals surface area (Å²) in [5.41, 5.74) is 0. The van der Waals surface area contributed by atoms with E-state index in [-0.39, 0.29) is 5.82 Å². The zero-order valence-electron chi connectivity index (χ0n) is 11.5. The molecule has 1 fully saturated rings. The van der Waals surface area contributed by atoms with Crippen molar-refractivity contribution in [3.8, 4) is 0 Å². The van der Waals surface area contributed by atoms with Gasteiger partial charge in [0.25, 0.3) is 0 Å². The van der Waals surface area contributed by atoms with Crippen molar-refractivity contribution in [2.75, 3.05) is 18.5 Å². The maximum atomic E-state index is 10.7. The van der Waals surface area contributed by atoms with E-state index in [0.29, 0.717) is 25.1 Å². The number of nitrogens with one attached hydrogen (secondary N) is 1. The minimum atomic E-state index is -1.12. The number of ether oxygens (including phenoxy) is 1. The molecule has 0 atom stereocenters. The first-order chi connectivity index (χ1) is 9.75. The molecule has 1 heterocycles. The highest BCUT2D eigenvalue weighted by molar-refractivity contribution is 5.83. The van der Waals surface area contributed by atoms with Gasteiger partial charge in [-0.15, -0.1) is 0 Å². The lowest BCUT2D eigenvalue weighted by Crippen LogP contribution is -2.18. The Hall–Kier alpha value is -1.69. The molecule has 0 bridgehead atoms. The van der Waals surface area contributed by atoms with Crippen LogP contribution in [0.3, 0.4) is 0 Å². The van der Waals surface area contributed by atoms with Gasteiger partial charge in [-0.05, 0) is 18.9 Å². The zero-order valence-corrected chi connectivity index (χ0v) is 11.5. The monoisotopic (exact) mass is 279 g/mol. The van der Waals surface area contributed by atoms with Gasteiger partial charge in [0.05, 0.1) is 12.7 Å². The van der Waals surface area contributed by atoms with Crippen molar-refractivity contribution in [1.29, 1.82) is 0 Å². The fraction of sp³-hybridized carbons (Fsp3) is 0.643. The van der Waals surface area contributed by atoms with Gasteiger partial charge < -0.3 is 15.2 Å². The summed E-state index contributed by atoms with van der Waals surface area (Å²) in [7, 11) is 0. The van der Waals surface area contributed by atoms with Gasteiger partial charge >= 0.3 is 5.97 Å². The molecular weight excluding hydrogens is 258 g/mol. The summed E-state index contributed by atoms with van der Waals surface area (Å²) in [5, 5.41) is 11.9. The van der Waals surface area contributed by atoms with E-state index in [0.717, 1.165) is 12.8 Å². The molecule has 0 radical (unpaired) electrons. The number of carboxylic acids is 1. The fourth-order valence-electron chi connectivity index (χ4n) is 2.37. The first-order valence-corrected chi connectivity index (χ1v) is 7.17. The first kappa shape index (κ1) is 14.7. The highest BCUT2D eigenvalue weighted by Crippen LogP contribution is 2.19. The molecule has 110 valence electrons. The van der Waals surface area contributed by atoms with Gasteiger partial charge in [-0.3, -0.25) is 0 Å². The van der Waals surface area contributed by atoms with Crippen LogP contribution in [0.2, 0.25) is 0 Å². The van der Waals surface area contributed by atoms with E-state index in [2.05, 4.69) is 15.3 Å². The Kier molecular flexibility index (Phi) is 5.73. The molecule has 1 aliphatic carbocycles. The van der Waals surface area contributed by atoms with Crippen LogP contribution in [0.1, 0.15) is 49.1 Å². The molecule has 0 aromatic carbocycles. The van der Waals surface area contributed by atoms with Crippen molar-refractivity contribution in [1.82, 2.24) is 9.97 Å². The van der Waals surface area contributed by atoms with Crippen molar-refractivity contribution in [2.24, 2.45) is 0 Å². The number of carbonyl (C=O) groups is 1. The van der Waals surface area contributed by atoms with Crippen molar-refractivity contribution in [3.63, 3.8) is 0 Å². The smallest absolute Gasteiger partial charge is 0.374 e. The number of hydrogen-bond donors (Lipinski definition) is 2. The molecular formula is C14H21N3O3. The number of anilines is 1. The summed E-state index contributed by atoms with van der Waals surface area (Å²) in [5.74, 6) is -0.801. The lowest BCUT2D eigenvalue weighted by molar-refractivity contribution is 0.0501. The standard InChI is InChI=1S/C14H21N3O3/c18-14(19)13-16-8-7-12(17-13)15-9-10-20-11-5-3-1-2-4-6-11/h7-8,11H,1-6,9-10H2,(H,18,19)(H,15,16,17). The van der Waals surface area contributed by atoms with Crippen LogP contribution < -0.4 is 5.32 Å². The van der Waals surface area contributed by atoms with Gasteiger partial charge in [0.2, 0.25) is 5.82 Å². The van der Waals surface area contributed by atoms with Crippen LogP contribution in [0.25, 0.3) is 0 Å². The number of aromatic carboxylic acids is 1. The molecule has 1 aromatic rings. The lowest BCUT2D eigenvalue weighted by Gasteiger charge is -2.15. The molecule has 6 heteroatoms. The normalized spacial score (nSPS) is 16.6. The van der Waals surface area contributed by atoms with E-state index in [1.165, 1.54) is 31.9 Å². The van der Waals surface area contributed by atoms with Crippen LogP contribution in [0.5, 0.6) is 0 Å². The number of rotatable bonds is 6. The average Bonchev–Trinajstić information content (AvgIpc) is 2.72. The number of aromatic nitrogens is 2. The van der Waals surface area contributed by atoms with Crippen molar-refractivity contribution in [3.05, 3.63) is 18.1 Å². The topological polar surface area (TPSA) is 84.3 Å². The third kappa shape index (κ3) is 4.77. The molecule has 0 saturated heterocycles. The molecule has 0 spiro atoms. The summed E-state index contributed by atoms with van der Waals surface area (Å²) in [6.07, 6.45) is 9.25. The van der Waals surface area contributed by atoms with Crippen LogP contribution in [0.4, 0.5) is 5.82 Å². The third-order valence-corrected chi connectivity index (χ3v) is 3.41. The number of hydrogen-bond acceptors (Lipinski definition) is 5. The van der Waals surface area contributed by atoms with Crippen LogP contribution in [-0.4, -0.2) is 40.3 Å². The Labute approximate surface area is 118 Å². The minimum absolute atomic E-state index is 0.195. The fourth-order valence-corrected chi connectivity index (χ4v) is 2.37. The molecule has 0 unspecified atom stereocenters. The molecule has 2 rings (SSSR count). The zero-order chi connectivity index (χ0) is 14.2. The molecule has 2 N–H and O–H groups in total. The quantitative estimate of drug-likeness (QED) is 0.614. The Balaban J connectivity index is 1.70. The van der Waals surface area contributed by atoms with Gasteiger partial charge in [0, 0.05) is 12.7 Å². The largest absolute Gasteiger partial charge is 0.475 e. The molecule has 1 aromatic heterocycles. The first-order valence-electron chi connectivity index (χ1n) is 7.17. The van der Waals surface area contributed by atoms with Crippen LogP contribution in [0.15, 0.2) is 12.3 Å². The maximum Gasteiger partial charge on any atom is 0.374 e. The van der Waals surface area contributed by atoms with Gasteiger partial charge in [0.15, 0.2) is 0 Å². The van der Waals surface area contributed by atoms with Gasteiger partial charge in [-0.25, -0.2) is 14.8 Å². The van der Waals surface area contributed by atoms with Gasteiger partial charge in [-0.1, -0.05) is 25.7 Å². The molecule has 0 aliphatic heterocycles. The summed E-state index contributed by atoms with van der Waals surface area (Å²) < 4.78 is 5.84. The van der Waals surface area contributed by atoms with E-state index in [1.807, 2.05) is 0 Å². The average molecular weight is 279 g/mol. The van der Waals surface area contributed by atoms with E-state index in [4.69, 9.17) is 9.84 Å². The number of nitrogens with zero attached hydrogens (tertiary/aromatic N) is 2.